The number of carbonyl (C=O) groups is 1. The van der Waals surface area contributed by atoms with Gasteiger partial charge in [0.1, 0.15) is 6.61 Å². The Bertz CT molecular complexity index is 702. The molecule has 0 aliphatic heterocycles. The van der Waals surface area contributed by atoms with Crippen LogP contribution in [0.15, 0.2) is 41.3 Å². The first-order valence-corrected chi connectivity index (χ1v) is 9.41. The van der Waals surface area contributed by atoms with Crippen LogP contribution in [-0.4, -0.2) is 33.6 Å². The van der Waals surface area contributed by atoms with E-state index in [9.17, 15) is 4.79 Å². The van der Waals surface area contributed by atoms with Gasteiger partial charge in [-0.1, -0.05) is 12.1 Å². The summed E-state index contributed by atoms with van der Waals surface area (Å²) in [4.78, 5) is 13.2. The van der Waals surface area contributed by atoms with E-state index in [1.54, 1.807) is 33.1 Å². The lowest BCUT2D eigenvalue weighted by molar-refractivity contribution is -0.144. The Morgan fingerprint density at radius 1 is 0.923 bits per heavy atom. The molecule has 0 amide bonds. The highest BCUT2D eigenvalue weighted by Crippen LogP contribution is 2.38. The molecule has 0 saturated heterocycles. The summed E-state index contributed by atoms with van der Waals surface area (Å²) in [7, 11) is 4.69. The third-order valence-corrected chi connectivity index (χ3v) is 4.64. The summed E-state index contributed by atoms with van der Waals surface area (Å²) in [6.07, 6.45) is 2.83. The first kappa shape index (κ1) is 20.0. The molecule has 0 heterocycles. The zero-order valence-corrected chi connectivity index (χ0v) is 16.4. The predicted octanol–water partition coefficient (Wildman–Crippen LogP) is 4.11. The van der Waals surface area contributed by atoms with Gasteiger partial charge in [0, 0.05) is 11.3 Å². The minimum absolute atomic E-state index is 0.243. The molecule has 0 N–H and O–H groups in total. The van der Waals surface area contributed by atoms with E-state index >= 15 is 0 Å². The highest BCUT2D eigenvalue weighted by molar-refractivity contribution is 7.98. The lowest BCUT2D eigenvalue weighted by Gasteiger charge is -2.14. The Morgan fingerprint density at radius 2 is 1.54 bits per heavy atom. The summed E-state index contributed by atoms with van der Waals surface area (Å²) in [5.74, 6) is 1.44. The molecule has 0 aliphatic rings. The Morgan fingerprint density at radius 3 is 2.04 bits per heavy atom. The maximum atomic E-state index is 12.0. The molecular formula is C20H24O5S. The van der Waals surface area contributed by atoms with Crippen LogP contribution >= 0.6 is 11.8 Å². The van der Waals surface area contributed by atoms with Gasteiger partial charge in [-0.3, -0.25) is 4.79 Å². The van der Waals surface area contributed by atoms with E-state index in [0.29, 0.717) is 23.7 Å². The molecular weight excluding hydrogens is 352 g/mol. The second-order valence-corrected chi connectivity index (χ2v) is 6.42. The largest absolute Gasteiger partial charge is 0.493 e. The van der Waals surface area contributed by atoms with Gasteiger partial charge in [0.05, 0.1) is 21.3 Å². The molecule has 0 atom stereocenters. The molecule has 0 aromatic heterocycles. The molecule has 0 spiro atoms. The molecule has 140 valence electrons. The van der Waals surface area contributed by atoms with Crippen molar-refractivity contribution in [3.63, 3.8) is 0 Å². The van der Waals surface area contributed by atoms with E-state index in [0.717, 1.165) is 11.1 Å². The third-order valence-electron chi connectivity index (χ3n) is 3.90. The fraction of sp³-hybridized carbons (Fsp3) is 0.350. The Labute approximate surface area is 158 Å². The van der Waals surface area contributed by atoms with Gasteiger partial charge in [0.2, 0.25) is 5.75 Å². The fourth-order valence-electron chi connectivity index (χ4n) is 2.48. The molecule has 0 saturated carbocycles. The first-order chi connectivity index (χ1) is 12.6. The number of hydrogen-bond donors (Lipinski definition) is 0. The summed E-state index contributed by atoms with van der Waals surface area (Å²) in [5.41, 5.74) is 1.89. The maximum Gasteiger partial charge on any atom is 0.306 e. The molecule has 0 bridgehead atoms. The van der Waals surface area contributed by atoms with Crippen LogP contribution in [0.3, 0.4) is 0 Å². The van der Waals surface area contributed by atoms with Crippen molar-refractivity contribution in [2.75, 3.05) is 27.6 Å². The van der Waals surface area contributed by atoms with Crippen molar-refractivity contribution < 1.29 is 23.7 Å². The number of esters is 1. The van der Waals surface area contributed by atoms with Crippen molar-refractivity contribution in [1.29, 1.82) is 0 Å². The van der Waals surface area contributed by atoms with Gasteiger partial charge in [-0.05, 0) is 48.1 Å². The van der Waals surface area contributed by atoms with Crippen LogP contribution in [0.25, 0.3) is 0 Å². The number of aryl methyl sites for hydroxylation is 1. The van der Waals surface area contributed by atoms with Crippen molar-refractivity contribution in [3.05, 3.63) is 47.5 Å². The quantitative estimate of drug-likeness (QED) is 0.485. The van der Waals surface area contributed by atoms with Gasteiger partial charge in [0.15, 0.2) is 11.5 Å². The van der Waals surface area contributed by atoms with Gasteiger partial charge < -0.3 is 18.9 Å². The van der Waals surface area contributed by atoms with Crippen LogP contribution in [0.4, 0.5) is 0 Å². The van der Waals surface area contributed by atoms with Gasteiger partial charge in [0.25, 0.3) is 0 Å². The van der Waals surface area contributed by atoms with Crippen molar-refractivity contribution in [1.82, 2.24) is 0 Å². The number of hydrogen-bond acceptors (Lipinski definition) is 6. The predicted molar refractivity (Wildman–Crippen MR) is 102 cm³/mol. The van der Waals surface area contributed by atoms with Crippen LogP contribution in [0.5, 0.6) is 17.2 Å². The highest BCUT2D eigenvalue weighted by atomic mass is 32.2. The third kappa shape index (κ3) is 5.33. The topological polar surface area (TPSA) is 54.0 Å². The minimum atomic E-state index is -0.243. The standard InChI is InChI=1S/C20H24O5S/c1-22-17-11-15(12-18(23-2)20(17)24-3)7-10-19(21)25-13-14-5-8-16(26-4)9-6-14/h5-6,8-9,11-12H,7,10,13H2,1-4H3. The highest BCUT2D eigenvalue weighted by Gasteiger charge is 2.14. The van der Waals surface area contributed by atoms with E-state index < -0.39 is 0 Å². The summed E-state index contributed by atoms with van der Waals surface area (Å²) >= 11 is 1.68. The molecule has 2 aromatic carbocycles. The van der Waals surface area contributed by atoms with E-state index in [1.807, 2.05) is 42.7 Å². The summed E-state index contributed by atoms with van der Waals surface area (Å²) in [6, 6.07) is 11.7. The molecule has 0 fully saturated rings. The Hall–Kier alpha value is -2.34. The normalized spacial score (nSPS) is 10.3. The molecule has 0 radical (unpaired) electrons. The second-order valence-electron chi connectivity index (χ2n) is 5.54. The van der Waals surface area contributed by atoms with Crippen LogP contribution < -0.4 is 14.2 Å². The van der Waals surface area contributed by atoms with Crippen LogP contribution in [-0.2, 0) is 22.6 Å². The SMILES string of the molecule is COc1cc(CCC(=O)OCc2ccc(SC)cc2)cc(OC)c1OC. The second kappa shape index (κ2) is 9.97. The molecule has 2 aromatic rings. The average molecular weight is 376 g/mol. The van der Waals surface area contributed by atoms with Crippen LogP contribution in [0, 0.1) is 0 Å². The van der Waals surface area contributed by atoms with E-state index in [4.69, 9.17) is 18.9 Å². The first-order valence-electron chi connectivity index (χ1n) is 8.18. The summed E-state index contributed by atoms with van der Waals surface area (Å²) in [5, 5.41) is 0. The van der Waals surface area contributed by atoms with E-state index in [1.165, 1.54) is 4.90 Å². The number of carbonyl (C=O) groups excluding carboxylic acids is 1. The van der Waals surface area contributed by atoms with Crippen molar-refractivity contribution in [2.24, 2.45) is 0 Å². The molecule has 2 rings (SSSR count). The molecule has 0 aliphatic carbocycles. The number of thioether (sulfide) groups is 1. The van der Waals surface area contributed by atoms with Gasteiger partial charge >= 0.3 is 5.97 Å². The lowest BCUT2D eigenvalue weighted by Crippen LogP contribution is -2.06. The molecule has 0 unspecified atom stereocenters. The zero-order valence-electron chi connectivity index (χ0n) is 15.5. The van der Waals surface area contributed by atoms with Crippen LogP contribution in [0.1, 0.15) is 17.5 Å². The van der Waals surface area contributed by atoms with Gasteiger partial charge in [-0.2, -0.15) is 0 Å². The van der Waals surface area contributed by atoms with Gasteiger partial charge in [-0.25, -0.2) is 0 Å². The summed E-state index contributed by atoms with van der Waals surface area (Å²) < 4.78 is 21.3. The molecule has 5 nitrogen and oxygen atoms in total. The number of rotatable bonds is 9. The Kier molecular flexibility index (Phi) is 7.66. The summed E-state index contributed by atoms with van der Waals surface area (Å²) in [6.45, 7) is 0.281. The zero-order chi connectivity index (χ0) is 18.9. The van der Waals surface area contributed by atoms with Crippen molar-refractivity contribution in [2.45, 2.75) is 24.3 Å². The smallest absolute Gasteiger partial charge is 0.306 e. The molecule has 6 heteroatoms. The van der Waals surface area contributed by atoms with Crippen molar-refractivity contribution >= 4 is 17.7 Å². The van der Waals surface area contributed by atoms with Crippen molar-refractivity contribution in [3.8, 4) is 17.2 Å². The van der Waals surface area contributed by atoms with Crippen LogP contribution in [0.2, 0.25) is 0 Å². The number of benzene rings is 2. The monoisotopic (exact) mass is 376 g/mol. The van der Waals surface area contributed by atoms with E-state index in [2.05, 4.69) is 0 Å². The number of ether oxygens (including phenoxy) is 4. The molecule has 26 heavy (non-hydrogen) atoms. The van der Waals surface area contributed by atoms with E-state index in [-0.39, 0.29) is 19.0 Å². The minimum Gasteiger partial charge on any atom is -0.493 e. The lowest BCUT2D eigenvalue weighted by atomic mass is 10.1. The van der Waals surface area contributed by atoms with Gasteiger partial charge in [-0.15, -0.1) is 11.8 Å². The average Bonchev–Trinajstić information content (AvgIpc) is 2.69. The number of methoxy groups -OCH3 is 3. The fourth-order valence-corrected chi connectivity index (χ4v) is 2.89. The Balaban J connectivity index is 1.91. The maximum absolute atomic E-state index is 12.0.